The number of hydrogen-bond donors (Lipinski definition) is 1. The second kappa shape index (κ2) is 9.13. The zero-order chi connectivity index (χ0) is 20.9. The molecule has 4 rings (SSSR count). The van der Waals surface area contributed by atoms with Gasteiger partial charge in [0.1, 0.15) is 17.2 Å². The van der Waals surface area contributed by atoms with Gasteiger partial charge in [0.2, 0.25) is 0 Å². The summed E-state index contributed by atoms with van der Waals surface area (Å²) >= 11 is 1.37. The molecule has 0 saturated carbocycles. The molecule has 154 valence electrons. The second-order valence-electron chi connectivity index (χ2n) is 7.32. The summed E-state index contributed by atoms with van der Waals surface area (Å²) in [5.41, 5.74) is 3.18. The lowest BCUT2D eigenvalue weighted by molar-refractivity contribution is -0.124. The van der Waals surface area contributed by atoms with E-state index in [9.17, 15) is 9.59 Å². The highest BCUT2D eigenvalue weighted by molar-refractivity contribution is 7.17. The highest BCUT2D eigenvalue weighted by atomic mass is 32.1. The van der Waals surface area contributed by atoms with Gasteiger partial charge in [-0.05, 0) is 43.5 Å². The summed E-state index contributed by atoms with van der Waals surface area (Å²) in [6.45, 7) is 2.09. The van der Waals surface area contributed by atoms with E-state index in [0.29, 0.717) is 11.5 Å². The lowest BCUT2D eigenvalue weighted by Crippen LogP contribution is -2.36. The number of benzene rings is 2. The van der Waals surface area contributed by atoms with Gasteiger partial charge in [-0.15, -0.1) is 11.3 Å². The average Bonchev–Trinajstić information content (AvgIpc) is 3.22. The van der Waals surface area contributed by atoms with Gasteiger partial charge in [-0.2, -0.15) is 0 Å². The van der Waals surface area contributed by atoms with Crippen LogP contribution in [0.25, 0.3) is 10.4 Å². The van der Waals surface area contributed by atoms with Crippen molar-refractivity contribution in [3.63, 3.8) is 0 Å². The molecular formula is C24H23NO4S. The molecule has 5 nitrogen and oxygen atoms in total. The van der Waals surface area contributed by atoms with Crippen molar-refractivity contribution in [2.75, 3.05) is 6.61 Å². The van der Waals surface area contributed by atoms with E-state index in [-0.39, 0.29) is 18.6 Å². The molecule has 1 aliphatic heterocycles. The van der Waals surface area contributed by atoms with Crippen molar-refractivity contribution < 1.29 is 19.1 Å². The van der Waals surface area contributed by atoms with Crippen LogP contribution in [0.3, 0.4) is 0 Å². The van der Waals surface area contributed by atoms with Crippen LogP contribution in [0.5, 0.6) is 5.75 Å². The summed E-state index contributed by atoms with van der Waals surface area (Å²) in [6.07, 6.45) is 1.70. The zero-order valence-electron chi connectivity index (χ0n) is 16.7. The smallest absolute Gasteiger partial charge is 0.348 e. The van der Waals surface area contributed by atoms with Gasteiger partial charge in [0.25, 0.3) is 5.91 Å². The molecule has 1 aromatic heterocycles. The number of carbonyl (C=O) groups excluding carboxylic acids is 2. The van der Waals surface area contributed by atoms with Crippen LogP contribution in [0.1, 0.15) is 34.1 Å². The Morgan fingerprint density at radius 1 is 1.13 bits per heavy atom. The number of para-hydroxylation sites is 1. The summed E-state index contributed by atoms with van der Waals surface area (Å²) in [4.78, 5) is 26.1. The largest absolute Gasteiger partial charge is 0.488 e. The summed E-state index contributed by atoms with van der Waals surface area (Å²) in [6, 6.07) is 19.7. The Labute approximate surface area is 179 Å². The van der Waals surface area contributed by atoms with Crippen LogP contribution in [-0.2, 0) is 22.6 Å². The average molecular weight is 422 g/mol. The Morgan fingerprint density at radius 3 is 2.73 bits per heavy atom. The third kappa shape index (κ3) is 4.71. The Kier molecular flexibility index (Phi) is 6.14. The van der Waals surface area contributed by atoms with Crippen LogP contribution in [0.15, 0.2) is 60.7 Å². The molecule has 3 aromatic rings. The molecule has 1 N–H and O–H groups in total. The third-order valence-corrected chi connectivity index (χ3v) is 6.17. The van der Waals surface area contributed by atoms with Crippen molar-refractivity contribution in [2.45, 2.75) is 32.4 Å². The van der Waals surface area contributed by atoms with Crippen LogP contribution in [0, 0.1) is 0 Å². The van der Waals surface area contributed by atoms with Gasteiger partial charge in [0, 0.05) is 22.0 Å². The van der Waals surface area contributed by atoms with E-state index >= 15 is 0 Å². The molecule has 0 spiro atoms. The molecule has 2 heterocycles. The van der Waals surface area contributed by atoms with Gasteiger partial charge in [-0.25, -0.2) is 4.79 Å². The maximum absolute atomic E-state index is 12.4. The van der Waals surface area contributed by atoms with Crippen molar-refractivity contribution in [3.05, 3.63) is 76.7 Å². The third-order valence-electron chi connectivity index (χ3n) is 4.98. The molecule has 2 aromatic carbocycles. The summed E-state index contributed by atoms with van der Waals surface area (Å²) < 4.78 is 11.0. The summed E-state index contributed by atoms with van der Waals surface area (Å²) in [5.74, 6) is 0.0357. The minimum atomic E-state index is -0.487. The molecule has 6 heteroatoms. The van der Waals surface area contributed by atoms with E-state index in [1.807, 2.05) is 49.4 Å². The first kappa shape index (κ1) is 20.2. The van der Waals surface area contributed by atoms with E-state index in [0.717, 1.165) is 34.6 Å². The maximum Gasteiger partial charge on any atom is 0.348 e. The normalized spacial score (nSPS) is 12.8. The number of thiophene rings is 1. The van der Waals surface area contributed by atoms with Crippen LogP contribution < -0.4 is 10.1 Å². The summed E-state index contributed by atoms with van der Waals surface area (Å²) in [5, 5.41) is 2.89. The van der Waals surface area contributed by atoms with E-state index in [1.165, 1.54) is 16.9 Å². The predicted molar refractivity (Wildman–Crippen MR) is 117 cm³/mol. The van der Waals surface area contributed by atoms with Gasteiger partial charge in [-0.3, -0.25) is 4.79 Å². The highest BCUT2D eigenvalue weighted by Crippen LogP contribution is 2.42. The minimum Gasteiger partial charge on any atom is -0.488 e. The lowest BCUT2D eigenvalue weighted by Gasteiger charge is -2.16. The first-order valence-electron chi connectivity index (χ1n) is 9.95. The zero-order valence-corrected chi connectivity index (χ0v) is 17.5. The Balaban J connectivity index is 1.28. The van der Waals surface area contributed by atoms with Crippen molar-refractivity contribution in [1.29, 1.82) is 0 Å². The van der Waals surface area contributed by atoms with E-state index in [1.54, 1.807) is 6.07 Å². The Morgan fingerprint density at radius 2 is 1.90 bits per heavy atom. The Bertz CT molecular complexity index is 1040. The van der Waals surface area contributed by atoms with Gasteiger partial charge in [-0.1, -0.05) is 42.5 Å². The van der Waals surface area contributed by atoms with E-state index in [2.05, 4.69) is 17.4 Å². The van der Waals surface area contributed by atoms with Crippen LogP contribution >= 0.6 is 11.3 Å². The maximum atomic E-state index is 12.4. The second-order valence-corrected chi connectivity index (χ2v) is 8.37. The summed E-state index contributed by atoms with van der Waals surface area (Å²) in [7, 11) is 0. The molecule has 30 heavy (non-hydrogen) atoms. The van der Waals surface area contributed by atoms with Gasteiger partial charge >= 0.3 is 5.97 Å². The number of amides is 1. The van der Waals surface area contributed by atoms with Crippen molar-refractivity contribution >= 4 is 23.2 Å². The molecule has 0 fully saturated rings. The first-order chi connectivity index (χ1) is 14.6. The van der Waals surface area contributed by atoms with Crippen LogP contribution in [0.2, 0.25) is 0 Å². The van der Waals surface area contributed by atoms with E-state index in [4.69, 9.17) is 9.47 Å². The SMILES string of the molecule is C[C@@H](CCc1ccccc1)NC(=O)COC(=O)c1cc2c(s1)-c1ccccc1OC2. The number of aryl methyl sites for hydroxylation is 1. The molecule has 1 atom stereocenters. The molecule has 0 saturated heterocycles. The van der Waals surface area contributed by atoms with Crippen molar-refractivity contribution in [2.24, 2.45) is 0 Å². The van der Waals surface area contributed by atoms with Crippen LogP contribution in [0.4, 0.5) is 0 Å². The molecule has 0 aliphatic carbocycles. The molecule has 0 radical (unpaired) electrons. The Hall–Kier alpha value is -3.12. The molecular weight excluding hydrogens is 398 g/mol. The predicted octanol–water partition coefficient (Wildman–Crippen LogP) is 4.60. The highest BCUT2D eigenvalue weighted by Gasteiger charge is 2.23. The van der Waals surface area contributed by atoms with Gasteiger partial charge in [0.05, 0.1) is 0 Å². The standard InChI is InChI=1S/C24H23NO4S/c1-16(11-12-17-7-3-2-4-8-17)25-22(26)15-29-24(27)21-13-18-14-28-20-10-6-5-9-19(20)23(18)30-21/h2-10,13,16H,11-12,14-15H2,1H3,(H,25,26)/t16-/m0/s1. The molecule has 0 unspecified atom stereocenters. The minimum absolute atomic E-state index is 0.000824. The van der Waals surface area contributed by atoms with Gasteiger partial charge < -0.3 is 14.8 Å². The number of ether oxygens (including phenoxy) is 2. The number of nitrogens with one attached hydrogen (secondary N) is 1. The van der Waals surface area contributed by atoms with Crippen molar-refractivity contribution in [1.82, 2.24) is 5.32 Å². The number of hydrogen-bond acceptors (Lipinski definition) is 5. The topological polar surface area (TPSA) is 64.6 Å². The fraction of sp³-hybridized carbons (Fsp3) is 0.250. The number of carbonyl (C=O) groups is 2. The van der Waals surface area contributed by atoms with Crippen molar-refractivity contribution in [3.8, 4) is 16.2 Å². The molecule has 1 aliphatic rings. The van der Waals surface area contributed by atoms with Crippen LogP contribution in [-0.4, -0.2) is 24.5 Å². The fourth-order valence-corrected chi connectivity index (χ4v) is 4.51. The first-order valence-corrected chi connectivity index (χ1v) is 10.8. The number of fused-ring (bicyclic) bond motifs is 3. The van der Waals surface area contributed by atoms with E-state index < -0.39 is 5.97 Å². The lowest BCUT2D eigenvalue weighted by atomic mass is 10.1. The molecule has 0 bridgehead atoms. The molecule has 1 amide bonds. The number of esters is 1. The number of rotatable bonds is 7. The monoisotopic (exact) mass is 421 g/mol. The fourth-order valence-electron chi connectivity index (χ4n) is 3.42. The van der Waals surface area contributed by atoms with Gasteiger partial charge in [0.15, 0.2) is 6.61 Å². The quantitative estimate of drug-likeness (QED) is 0.566.